The van der Waals surface area contributed by atoms with Crippen molar-refractivity contribution in [3.8, 4) is 0 Å². The van der Waals surface area contributed by atoms with E-state index in [0.717, 1.165) is 0 Å². The number of carbonyl (C=O) groups excluding carboxylic acids is 3. The van der Waals surface area contributed by atoms with Gasteiger partial charge in [-0.1, -0.05) is 0 Å². The van der Waals surface area contributed by atoms with Crippen molar-refractivity contribution in [3.63, 3.8) is 0 Å². The third-order valence-corrected chi connectivity index (χ3v) is 4.40. The molecule has 2 amide bonds. The van der Waals surface area contributed by atoms with E-state index in [2.05, 4.69) is 0 Å². The van der Waals surface area contributed by atoms with Crippen LogP contribution in [0.2, 0.25) is 0 Å². The third-order valence-electron chi connectivity index (χ3n) is 4.40. The fourth-order valence-electron chi connectivity index (χ4n) is 2.67. The summed E-state index contributed by atoms with van der Waals surface area (Å²) in [5.41, 5.74) is -0.593. The van der Waals surface area contributed by atoms with E-state index in [1.807, 2.05) is 6.92 Å². The van der Waals surface area contributed by atoms with E-state index in [0.29, 0.717) is 51.9 Å². The Kier molecular flexibility index (Phi) is 9.02. The van der Waals surface area contributed by atoms with Crippen LogP contribution in [0.15, 0.2) is 0 Å². The molecule has 2 rings (SSSR count). The number of ether oxygens (including phenoxy) is 2. The molecule has 2 fully saturated rings. The van der Waals surface area contributed by atoms with Crippen molar-refractivity contribution in [3.05, 3.63) is 0 Å². The standard InChI is InChI=1S/C9H17NO3.C8H13NO3/c1-9(12)3-5-10(6-4-9)8(11)7-13-2;1-12-6-8(11)9-4-2-7(10)3-5-9/h12H,3-7H2,1-2H3;2-6H2,1H3. The molecule has 2 heterocycles. The van der Waals surface area contributed by atoms with E-state index in [-0.39, 0.29) is 30.8 Å². The normalized spacial score (nSPS) is 19.9. The second-order valence-corrected chi connectivity index (χ2v) is 6.66. The van der Waals surface area contributed by atoms with E-state index in [4.69, 9.17) is 9.47 Å². The first kappa shape index (κ1) is 21.5. The summed E-state index contributed by atoms with van der Waals surface area (Å²) in [7, 11) is 3.00. The number of likely N-dealkylation sites (tertiary alicyclic amines) is 2. The number of Topliss-reactive ketones (excluding diaryl/α,β-unsaturated/α-hetero) is 1. The number of hydrogen-bond donors (Lipinski definition) is 1. The maximum absolute atomic E-state index is 11.3. The van der Waals surface area contributed by atoms with Gasteiger partial charge >= 0.3 is 0 Å². The number of carbonyl (C=O) groups is 3. The number of rotatable bonds is 4. The number of methoxy groups -OCH3 is 2. The van der Waals surface area contributed by atoms with Crippen molar-refractivity contribution in [2.45, 2.75) is 38.2 Å². The molecule has 1 N–H and O–H groups in total. The Morgan fingerprint density at radius 3 is 1.76 bits per heavy atom. The Bertz CT molecular complexity index is 446. The van der Waals surface area contributed by atoms with Crippen molar-refractivity contribution in [1.29, 1.82) is 0 Å². The minimum atomic E-state index is -0.593. The van der Waals surface area contributed by atoms with Crippen molar-refractivity contribution in [2.75, 3.05) is 53.6 Å². The molecule has 8 nitrogen and oxygen atoms in total. The van der Waals surface area contributed by atoms with Gasteiger partial charge in [0.1, 0.15) is 19.0 Å². The molecule has 8 heteroatoms. The lowest BCUT2D eigenvalue weighted by Gasteiger charge is -2.35. The van der Waals surface area contributed by atoms with Crippen LogP contribution in [0.4, 0.5) is 0 Å². The fourth-order valence-corrected chi connectivity index (χ4v) is 2.67. The summed E-state index contributed by atoms with van der Waals surface area (Å²) in [6, 6.07) is 0. The van der Waals surface area contributed by atoms with Crippen LogP contribution >= 0.6 is 0 Å². The summed E-state index contributed by atoms with van der Waals surface area (Å²) in [5, 5.41) is 9.63. The van der Waals surface area contributed by atoms with Crippen LogP contribution in [0.1, 0.15) is 32.6 Å². The highest BCUT2D eigenvalue weighted by atomic mass is 16.5. The van der Waals surface area contributed by atoms with Gasteiger partial charge < -0.3 is 24.4 Å². The second-order valence-electron chi connectivity index (χ2n) is 6.66. The Labute approximate surface area is 149 Å². The number of aliphatic hydroxyl groups is 1. The molecule has 0 saturated carbocycles. The molecule has 0 aromatic rings. The Balaban J connectivity index is 0.000000251. The van der Waals surface area contributed by atoms with E-state index in [1.165, 1.54) is 14.2 Å². The molecule has 0 aliphatic carbocycles. The SMILES string of the molecule is COCC(=O)N1CCC(=O)CC1.COCC(=O)N1CCC(C)(O)CC1. The van der Waals surface area contributed by atoms with Gasteiger partial charge in [0, 0.05) is 53.2 Å². The highest BCUT2D eigenvalue weighted by molar-refractivity contribution is 5.83. The zero-order valence-electron chi connectivity index (χ0n) is 15.5. The predicted molar refractivity (Wildman–Crippen MR) is 91.0 cm³/mol. The van der Waals surface area contributed by atoms with Crippen molar-refractivity contribution < 1.29 is 29.0 Å². The molecule has 144 valence electrons. The molecule has 25 heavy (non-hydrogen) atoms. The Hall–Kier alpha value is -1.51. The average Bonchev–Trinajstić information content (AvgIpc) is 2.56. The van der Waals surface area contributed by atoms with Crippen LogP contribution in [0, 0.1) is 0 Å². The van der Waals surface area contributed by atoms with Gasteiger partial charge in [-0.2, -0.15) is 0 Å². The summed E-state index contributed by atoms with van der Waals surface area (Å²) in [5.74, 6) is 0.236. The molecular formula is C17H30N2O6. The van der Waals surface area contributed by atoms with Crippen LogP contribution < -0.4 is 0 Å². The van der Waals surface area contributed by atoms with Gasteiger partial charge in [0.15, 0.2) is 0 Å². The van der Waals surface area contributed by atoms with E-state index < -0.39 is 5.60 Å². The summed E-state index contributed by atoms with van der Waals surface area (Å²) < 4.78 is 9.46. The monoisotopic (exact) mass is 358 g/mol. The van der Waals surface area contributed by atoms with Crippen molar-refractivity contribution in [2.24, 2.45) is 0 Å². The van der Waals surface area contributed by atoms with E-state index in [1.54, 1.807) is 9.80 Å². The van der Waals surface area contributed by atoms with Gasteiger partial charge in [-0.05, 0) is 19.8 Å². The molecule has 2 aliphatic rings. The van der Waals surface area contributed by atoms with Gasteiger partial charge in [0.2, 0.25) is 11.8 Å². The number of ketones is 1. The fraction of sp³-hybridized carbons (Fsp3) is 0.824. The van der Waals surface area contributed by atoms with Crippen LogP contribution in [0.5, 0.6) is 0 Å². The van der Waals surface area contributed by atoms with Gasteiger partial charge in [-0.15, -0.1) is 0 Å². The van der Waals surface area contributed by atoms with Crippen LogP contribution in [0.3, 0.4) is 0 Å². The second kappa shape index (κ2) is 10.5. The number of hydrogen-bond acceptors (Lipinski definition) is 6. The molecule has 0 spiro atoms. The van der Waals surface area contributed by atoms with Crippen molar-refractivity contribution >= 4 is 17.6 Å². The Morgan fingerprint density at radius 1 is 0.960 bits per heavy atom. The first-order valence-corrected chi connectivity index (χ1v) is 8.56. The molecule has 0 bridgehead atoms. The first-order valence-electron chi connectivity index (χ1n) is 8.56. The Morgan fingerprint density at radius 2 is 1.36 bits per heavy atom. The summed E-state index contributed by atoms with van der Waals surface area (Å²) in [6.45, 7) is 4.45. The first-order chi connectivity index (χ1) is 11.8. The summed E-state index contributed by atoms with van der Waals surface area (Å²) >= 11 is 0. The van der Waals surface area contributed by atoms with Crippen LogP contribution in [-0.4, -0.2) is 91.7 Å². The van der Waals surface area contributed by atoms with Crippen LogP contribution in [-0.2, 0) is 23.9 Å². The zero-order valence-corrected chi connectivity index (χ0v) is 15.5. The summed E-state index contributed by atoms with van der Waals surface area (Å²) in [4.78, 5) is 36.8. The minimum Gasteiger partial charge on any atom is -0.390 e. The highest BCUT2D eigenvalue weighted by Gasteiger charge is 2.29. The highest BCUT2D eigenvalue weighted by Crippen LogP contribution is 2.20. The number of piperidine rings is 2. The predicted octanol–water partition coefficient (Wildman–Crippen LogP) is -0.169. The topological polar surface area (TPSA) is 96.4 Å². The molecule has 2 aliphatic heterocycles. The molecule has 0 aromatic carbocycles. The van der Waals surface area contributed by atoms with Crippen LogP contribution in [0.25, 0.3) is 0 Å². The van der Waals surface area contributed by atoms with Gasteiger partial charge in [0.05, 0.1) is 5.60 Å². The molecule has 0 atom stereocenters. The van der Waals surface area contributed by atoms with Gasteiger partial charge in [0.25, 0.3) is 0 Å². The number of amides is 2. The minimum absolute atomic E-state index is 0.0120. The molecular weight excluding hydrogens is 328 g/mol. The zero-order chi connectivity index (χ0) is 18.9. The van der Waals surface area contributed by atoms with Crippen molar-refractivity contribution in [1.82, 2.24) is 9.80 Å². The largest absolute Gasteiger partial charge is 0.390 e. The lowest BCUT2D eigenvalue weighted by atomic mass is 9.94. The smallest absolute Gasteiger partial charge is 0.248 e. The average molecular weight is 358 g/mol. The van der Waals surface area contributed by atoms with Gasteiger partial charge in [-0.3, -0.25) is 14.4 Å². The van der Waals surface area contributed by atoms with E-state index in [9.17, 15) is 19.5 Å². The molecule has 0 unspecified atom stereocenters. The quantitative estimate of drug-likeness (QED) is 0.750. The third kappa shape index (κ3) is 7.94. The lowest BCUT2D eigenvalue weighted by Crippen LogP contribution is -2.46. The van der Waals surface area contributed by atoms with E-state index >= 15 is 0 Å². The number of nitrogens with zero attached hydrogens (tertiary/aromatic N) is 2. The lowest BCUT2D eigenvalue weighted by molar-refractivity contribution is -0.139. The maximum Gasteiger partial charge on any atom is 0.248 e. The molecule has 0 radical (unpaired) electrons. The van der Waals surface area contributed by atoms with Gasteiger partial charge in [-0.25, -0.2) is 0 Å². The maximum atomic E-state index is 11.3. The molecule has 0 aromatic heterocycles. The summed E-state index contributed by atoms with van der Waals surface area (Å²) in [6.07, 6.45) is 2.30. The molecule has 2 saturated heterocycles.